The van der Waals surface area contributed by atoms with Crippen LogP contribution < -0.4 is 5.73 Å². The third kappa shape index (κ3) is 4.52. The number of para-hydroxylation sites is 2. The van der Waals surface area contributed by atoms with E-state index in [0.29, 0.717) is 21.6 Å². The molecule has 29 heavy (non-hydrogen) atoms. The van der Waals surface area contributed by atoms with Crippen molar-refractivity contribution in [1.82, 2.24) is 9.97 Å². The van der Waals surface area contributed by atoms with Crippen LogP contribution in [-0.2, 0) is 14.3 Å². The van der Waals surface area contributed by atoms with E-state index in [1.165, 1.54) is 6.08 Å². The highest BCUT2D eigenvalue weighted by molar-refractivity contribution is 6.30. The first-order chi connectivity index (χ1) is 13.9. The van der Waals surface area contributed by atoms with Crippen molar-refractivity contribution in [3.05, 3.63) is 70.5 Å². The number of esters is 1. The van der Waals surface area contributed by atoms with Crippen LogP contribution in [0.2, 0.25) is 5.02 Å². The summed E-state index contributed by atoms with van der Waals surface area (Å²) in [5.74, 6) is -3.35. The molecule has 1 amide bonds. The third-order valence-electron chi connectivity index (χ3n) is 4.12. The molecule has 0 bridgehead atoms. The topological polar surface area (TPSA) is 115 Å². The number of hydrogen-bond donors (Lipinski definition) is 2. The minimum Gasteiger partial charge on any atom is -0.507 e. The van der Waals surface area contributed by atoms with Crippen LogP contribution in [0, 0.1) is 0 Å². The normalized spacial score (nSPS) is 12.6. The number of halogens is 1. The summed E-state index contributed by atoms with van der Waals surface area (Å²) in [4.78, 5) is 33.3. The Balaban J connectivity index is 2.19. The van der Waals surface area contributed by atoms with Crippen molar-refractivity contribution in [3.63, 3.8) is 0 Å². The molecule has 0 aliphatic rings. The summed E-state index contributed by atoms with van der Waals surface area (Å²) in [5, 5.41) is 11.1. The fourth-order valence-corrected chi connectivity index (χ4v) is 2.89. The van der Waals surface area contributed by atoms with Gasteiger partial charge in [0, 0.05) is 16.7 Å². The summed E-state index contributed by atoms with van der Waals surface area (Å²) >= 11 is 5.88. The van der Waals surface area contributed by atoms with Crippen molar-refractivity contribution in [2.24, 2.45) is 5.73 Å². The van der Waals surface area contributed by atoms with Crippen LogP contribution in [0.5, 0.6) is 0 Å². The second kappa shape index (κ2) is 8.70. The quantitative estimate of drug-likeness (QED) is 0.364. The van der Waals surface area contributed by atoms with E-state index in [0.717, 1.165) is 0 Å². The van der Waals surface area contributed by atoms with Crippen molar-refractivity contribution < 1.29 is 19.4 Å². The van der Waals surface area contributed by atoms with Gasteiger partial charge in [0.15, 0.2) is 5.92 Å². The van der Waals surface area contributed by atoms with Crippen molar-refractivity contribution in [1.29, 1.82) is 0 Å². The van der Waals surface area contributed by atoms with Gasteiger partial charge in [-0.15, -0.1) is 0 Å². The van der Waals surface area contributed by atoms with Crippen LogP contribution in [0.4, 0.5) is 0 Å². The zero-order valence-electron chi connectivity index (χ0n) is 15.5. The lowest BCUT2D eigenvalue weighted by atomic mass is 10.0. The second-order valence-corrected chi connectivity index (χ2v) is 6.54. The van der Waals surface area contributed by atoms with Gasteiger partial charge in [0.05, 0.1) is 29.0 Å². The van der Waals surface area contributed by atoms with Crippen LogP contribution in [0.15, 0.2) is 48.5 Å². The predicted molar refractivity (Wildman–Crippen MR) is 110 cm³/mol. The first kappa shape index (κ1) is 20.3. The minimum atomic E-state index is -1.46. The Morgan fingerprint density at radius 2 is 1.76 bits per heavy atom. The van der Waals surface area contributed by atoms with Crippen LogP contribution in [0.25, 0.3) is 22.9 Å². The maximum absolute atomic E-state index is 12.4. The zero-order chi connectivity index (χ0) is 21.0. The SMILES string of the molecule is CCOC(=O)C(C(N)=O)c1nc2ccccc2nc1C=C(O)c1ccc(Cl)cc1. The molecule has 3 aromatic rings. The highest BCUT2D eigenvalue weighted by Crippen LogP contribution is 2.25. The van der Waals surface area contributed by atoms with Gasteiger partial charge < -0.3 is 15.6 Å². The molecule has 8 heteroatoms. The van der Waals surface area contributed by atoms with E-state index < -0.39 is 17.8 Å². The number of amides is 1. The zero-order valence-corrected chi connectivity index (χ0v) is 16.3. The van der Waals surface area contributed by atoms with Crippen LogP contribution in [0.3, 0.4) is 0 Å². The van der Waals surface area contributed by atoms with E-state index >= 15 is 0 Å². The first-order valence-corrected chi connectivity index (χ1v) is 9.17. The van der Waals surface area contributed by atoms with Gasteiger partial charge in [0.2, 0.25) is 5.91 Å². The van der Waals surface area contributed by atoms with Crippen LogP contribution in [-0.4, -0.2) is 33.6 Å². The smallest absolute Gasteiger partial charge is 0.324 e. The van der Waals surface area contributed by atoms with E-state index in [4.69, 9.17) is 22.1 Å². The lowest BCUT2D eigenvalue weighted by Crippen LogP contribution is -2.31. The Morgan fingerprint density at radius 1 is 1.14 bits per heavy atom. The first-order valence-electron chi connectivity index (χ1n) is 8.80. The Labute approximate surface area is 171 Å². The molecule has 3 rings (SSSR count). The van der Waals surface area contributed by atoms with E-state index in [1.807, 2.05) is 0 Å². The van der Waals surface area contributed by atoms with Crippen LogP contribution >= 0.6 is 11.6 Å². The van der Waals surface area contributed by atoms with Crippen molar-refractivity contribution in [3.8, 4) is 0 Å². The molecule has 0 saturated carbocycles. The second-order valence-electron chi connectivity index (χ2n) is 6.11. The fraction of sp³-hybridized carbons (Fsp3) is 0.143. The number of nitrogens with two attached hydrogens (primary N) is 1. The number of ether oxygens (including phenoxy) is 1. The average molecular weight is 412 g/mol. The molecule has 0 aliphatic carbocycles. The number of benzene rings is 2. The molecule has 3 N–H and O–H groups in total. The fourth-order valence-electron chi connectivity index (χ4n) is 2.77. The Bertz CT molecular complexity index is 1100. The molecule has 0 saturated heterocycles. The highest BCUT2D eigenvalue weighted by Gasteiger charge is 2.32. The maximum Gasteiger partial charge on any atom is 0.324 e. The summed E-state index contributed by atoms with van der Waals surface area (Å²) < 4.78 is 4.98. The lowest BCUT2D eigenvalue weighted by Gasteiger charge is -2.15. The number of primary amides is 1. The molecule has 0 radical (unpaired) electrons. The van der Waals surface area contributed by atoms with E-state index in [1.54, 1.807) is 55.5 Å². The average Bonchev–Trinajstić information content (AvgIpc) is 2.69. The lowest BCUT2D eigenvalue weighted by molar-refractivity contribution is -0.147. The summed E-state index contributed by atoms with van der Waals surface area (Å²) in [6.07, 6.45) is 1.33. The molecule has 1 heterocycles. The molecular formula is C21H18ClN3O4. The Hall–Kier alpha value is -3.45. The number of hydrogen-bond acceptors (Lipinski definition) is 6. The summed E-state index contributed by atoms with van der Waals surface area (Å²) in [5.41, 5.74) is 7.08. The highest BCUT2D eigenvalue weighted by atomic mass is 35.5. The summed E-state index contributed by atoms with van der Waals surface area (Å²) in [6, 6.07) is 13.5. The third-order valence-corrected chi connectivity index (χ3v) is 4.37. The van der Waals surface area contributed by atoms with E-state index in [2.05, 4.69) is 9.97 Å². The predicted octanol–water partition coefficient (Wildman–Crippen LogP) is 3.47. The Morgan fingerprint density at radius 3 is 2.34 bits per heavy atom. The molecule has 148 valence electrons. The number of rotatable bonds is 6. The maximum atomic E-state index is 12.4. The molecule has 0 fully saturated rings. The number of fused-ring (bicyclic) bond motifs is 1. The number of aliphatic hydroxyl groups is 1. The summed E-state index contributed by atoms with van der Waals surface area (Å²) in [6.45, 7) is 1.69. The monoisotopic (exact) mass is 411 g/mol. The molecule has 1 atom stereocenters. The molecule has 1 unspecified atom stereocenters. The molecule has 0 aliphatic heterocycles. The Kier molecular flexibility index (Phi) is 6.09. The molecule has 1 aromatic heterocycles. The standard InChI is InChI=1S/C21H18ClN3O4/c1-2-29-21(28)18(20(23)27)19-16(24-14-5-3-4-6-15(14)25-19)11-17(26)12-7-9-13(22)10-8-12/h3-11,18,26H,2H2,1H3,(H2,23,27). The van der Waals surface area contributed by atoms with Gasteiger partial charge >= 0.3 is 5.97 Å². The number of carbonyl (C=O) groups excluding carboxylic acids is 2. The molecule has 2 aromatic carbocycles. The van der Waals surface area contributed by atoms with Gasteiger partial charge in [0.1, 0.15) is 5.76 Å². The molecule has 0 spiro atoms. The number of aliphatic hydroxyl groups excluding tert-OH is 1. The van der Waals surface area contributed by atoms with Gasteiger partial charge in [-0.1, -0.05) is 23.7 Å². The summed E-state index contributed by atoms with van der Waals surface area (Å²) in [7, 11) is 0. The van der Waals surface area contributed by atoms with Gasteiger partial charge in [-0.05, 0) is 43.3 Å². The van der Waals surface area contributed by atoms with Crippen molar-refractivity contribution in [2.75, 3.05) is 6.61 Å². The largest absolute Gasteiger partial charge is 0.507 e. The minimum absolute atomic E-state index is 0.00941. The number of aromatic nitrogens is 2. The number of carbonyl (C=O) groups is 2. The van der Waals surface area contributed by atoms with Crippen molar-refractivity contribution >= 4 is 46.3 Å². The molecular weight excluding hydrogens is 394 g/mol. The van der Waals surface area contributed by atoms with Crippen LogP contribution in [0.1, 0.15) is 29.8 Å². The van der Waals surface area contributed by atoms with Gasteiger partial charge in [0.25, 0.3) is 0 Å². The molecule has 7 nitrogen and oxygen atoms in total. The van der Waals surface area contributed by atoms with Gasteiger partial charge in [-0.3, -0.25) is 9.59 Å². The van der Waals surface area contributed by atoms with Gasteiger partial charge in [-0.25, -0.2) is 9.97 Å². The van der Waals surface area contributed by atoms with E-state index in [9.17, 15) is 14.7 Å². The van der Waals surface area contributed by atoms with Crippen molar-refractivity contribution in [2.45, 2.75) is 12.8 Å². The van der Waals surface area contributed by atoms with Gasteiger partial charge in [-0.2, -0.15) is 0 Å². The van der Waals surface area contributed by atoms with E-state index in [-0.39, 0.29) is 23.8 Å². The number of nitrogens with zero attached hydrogens (tertiary/aromatic N) is 2.